The molecule has 116 valence electrons. The summed E-state index contributed by atoms with van der Waals surface area (Å²) in [7, 11) is 1.19. The van der Waals surface area contributed by atoms with Crippen molar-refractivity contribution in [3.05, 3.63) is 58.7 Å². The van der Waals surface area contributed by atoms with E-state index in [0.717, 1.165) is 11.3 Å². The molecule has 0 spiro atoms. The van der Waals surface area contributed by atoms with Crippen LogP contribution >= 0.6 is 0 Å². The Labute approximate surface area is 127 Å². The molecule has 1 heterocycles. The molecule has 6 heteroatoms. The zero-order valence-electron chi connectivity index (χ0n) is 12.6. The first-order valence-corrected chi connectivity index (χ1v) is 6.73. The van der Waals surface area contributed by atoms with Crippen molar-refractivity contribution >= 4 is 11.9 Å². The van der Waals surface area contributed by atoms with Crippen LogP contribution in [0.15, 0.2) is 30.3 Å². The van der Waals surface area contributed by atoms with E-state index in [9.17, 15) is 14.0 Å². The molecule has 0 aliphatic rings. The summed E-state index contributed by atoms with van der Waals surface area (Å²) in [4.78, 5) is 27.1. The van der Waals surface area contributed by atoms with E-state index in [1.807, 2.05) is 13.0 Å². The van der Waals surface area contributed by atoms with Gasteiger partial charge in [0.05, 0.1) is 7.11 Å². The lowest BCUT2D eigenvalue weighted by molar-refractivity contribution is -0.143. The topological polar surface area (TPSA) is 71.2 Å². The van der Waals surface area contributed by atoms with Crippen LogP contribution < -0.4 is 5.32 Å². The highest BCUT2D eigenvalue weighted by Crippen LogP contribution is 2.19. The minimum absolute atomic E-state index is 0.0589. The Kier molecular flexibility index (Phi) is 4.60. The number of esters is 1. The van der Waals surface area contributed by atoms with Gasteiger partial charge in [0.25, 0.3) is 5.91 Å². The first-order chi connectivity index (χ1) is 10.4. The van der Waals surface area contributed by atoms with Crippen LogP contribution in [0.3, 0.4) is 0 Å². The van der Waals surface area contributed by atoms with Crippen LogP contribution in [0.4, 0.5) is 4.39 Å². The lowest BCUT2D eigenvalue weighted by atomic mass is 10.1. The summed E-state index contributed by atoms with van der Waals surface area (Å²) >= 11 is 0. The molecule has 2 aromatic rings. The number of H-pyrrole nitrogens is 1. The third-order valence-electron chi connectivity index (χ3n) is 3.31. The number of amides is 1. The third-order valence-corrected chi connectivity index (χ3v) is 3.31. The van der Waals surface area contributed by atoms with E-state index in [-0.39, 0.29) is 5.56 Å². The number of aromatic amines is 1. The molecule has 0 radical (unpaired) electrons. The van der Waals surface area contributed by atoms with Crippen LogP contribution in [0.25, 0.3) is 0 Å². The molecule has 1 aromatic heterocycles. The van der Waals surface area contributed by atoms with E-state index in [1.165, 1.54) is 25.3 Å². The molecule has 0 fully saturated rings. The monoisotopic (exact) mass is 304 g/mol. The second-order valence-corrected chi connectivity index (χ2v) is 4.96. The highest BCUT2D eigenvalue weighted by Gasteiger charge is 2.27. The molecule has 2 N–H and O–H groups in total. The molecule has 0 aliphatic heterocycles. The van der Waals surface area contributed by atoms with Crippen LogP contribution in [-0.4, -0.2) is 24.0 Å². The molecular weight excluding hydrogens is 287 g/mol. The maximum atomic E-state index is 13.9. The summed E-state index contributed by atoms with van der Waals surface area (Å²) in [5.74, 6) is -1.82. The van der Waals surface area contributed by atoms with Crippen LogP contribution in [0.2, 0.25) is 0 Å². The van der Waals surface area contributed by atoms with Gasteiger partial charge < -0.3 is 15.0 Å². The molecule has 22 heavy (non-hydrogen) atoms. The zero-order chi connectivity index (χ0) is 16.3. The molecule has 0 bridgehead atoms. The molecule has 1 atom stereocenters. The number of hydrogen-bond acceptors (Lipinski definition) is 3. The van der Waals surface area contributed by atoms with Crippen molar-refractivity contribution in [1.29, 1.82) is 0 Å². The quantitative estimate of drug-likeness (QED) is 0.852. The van der Waals surface area contributed by atoms with E-state index < -0.39 is 23.7 Å². The van der Waals surface area contributed by atoms with Crippen LogP contribution in [0.1, 0.15) is 33.4 Å². The van der Waals surface area contributed by atoms with Crippen molar-refractivity contribution in [1.82, 2.24) is 10.3 Å². The van der Waals surface area contributed by atoms with Crippen molar-refractivity contribution < 1.29 is 18.7 Å². The Morgan fingerprint density at radius 1 is 1.27 bits per heavy atom. The molecule has 0 unspecified atom stereocenters. The number of hydrogen-bond donors (Lipinski definition) is 2. The van der Waals surface area contributed by atoms with Crippen molar-refractivity contribution in [2.24, 2.45) is 0 Å². The predicted molar refractivity (Wildman–Crippen MR) is 78.9 cm³/mol. The number of rotatable bonds is 4. The van der Waals surface area contributed by atoms with Gasteiger partial charge in [-0.05, 0) is 31.5 Å². The Bertz CT molecular complexity index is 709. The molecule has 0 aliphatic carbocycles. The first kappa shape index (κ1) is 15.8. The Balaban J connectivity index is 2.32. The van der Waals surface area contributed by atoms with Gasteiger partial charge in [-0.25, -0.2) is 9.18 Å². The normalized spacial score (nSPS) is 11.8. The lowest BCUT2D eigenvalue weighted by Crippen LogP contribution is -2.35. The average molecular weight is 304 g/mol. The molecule has 0 saturated carbocycles. The zero-order valence-corrected chi connectivity index (χ0v) is 12.6. The second-order valence-electron chi connectivity index (χ2n) is 4.96. The first-order valence-electron chi connectivity index (χ1n) is 6.73. The molecule has 0 saturated heterocycles. The van der Waals surface area contributed by atoms with Crippen LogP contribution in [0, 0.1) is 19.7 Å². The maximum Gasteiger partial charge on any atom is 0.333 e. The van der Waals surface area contributed by atoms with Gasteiger partial charge in [-0.3, -0.25) is 4.79 Å². The maximum absolute atomic E-state index is 13.9. The third kappa shape index (κ3) is 3.16. The van der Waals surface area contributed by atoms with Crippen molar-refractivity contribution in [2.45, 2.75) is 19.9 Å². The number of nitrogens with one attached hydrogen (secondary N) is 2. The summed E-state index contributed by atoms with van der Waals surface area (Å²) in [6.07, 6.45) is 0. The van der Waals surface area contributed by atoms with Crippen molar-refractivity contribution in [2.75, 3.05) is 7.11 Å². The van der Waals surface area contributed by atoms with Crippen molar-refractivity contribution in [3.63, 3.8) is 0 Å². The number of ether oxygens (including phenoxy) is 1. The summed E-state index contributed by atoms with van der Waals surface area (Å²) < 4.78 is 18.6. The smallest absolute Gasteiger partial charge is 0.333 e. The van der Waals surface area contributed by atoms with Gasteiger partial charge >= 0.3 is 5.97 Å². The van der Waals surface area contributed by atoms with Gasteiger partial charge in [-0.2, -0.15) is 0 Å². The van der Waals surface area contributed by atoms with Gasteiger partial charge in [0.2, 0.25) is 0 Å². The number of carbonyl (C=O) groups is 2. The van der Waals surface area contributed by atoms with Gasteiger partial charge in [-0.1, -0.05) is 18.2 Å². The van der Waals surface area contributed by atoms with E-state index in [1.54, 1.807) is 13.0 Å². The van der Waals surface area contributed by atoms with E-state index >= 15 is 0 Å². The Morgan fingerprint density at radius 3 is 2.50 bits per heavy atom. The SMILES string of the molecule is COC(=O)[C@H](NC(=O)c1[nH]c(C)cc1C)c1ccccc1F. The molecular formula is C16H17FN2O3. The summed E-state index contributed by atoms with van der Waals surface area (Å²) in [6, 6.07) is 6.36. The standard InChI is InChI=1S/C16H17FN2O3/c1-9-8-10(2)18-13(9)15(20)19-14(16(21)22-3)11-6-4-5-7-12(11)17/h4-8,14,18H,1-3H3,(H,19,20)/t14-/m1/s1. The number of aromatic nitrogens is 1. The minimum atomic E-state index is -1.21. The lowest BCUT2D eigenvalue weighted by Gasteiger charge is -2.17. The molecule has 1 amide bonds. The Morgan fingerprint density at radius 2 is 1.95 bits per heavy atom. The summed E-state index contributed by atoms with van der Waals surface area (Å²) in [6.45, 7) is 3.59. The number of aryl methyl sites for hydroxylation is 2. The van der Waals surface area contributed by atoms with E-state index in [4.69, 9.17) is 0 Å². The highest BCUT2D eigenvalue weighted by atomic mass is 19.1. The number of methoxy groups -OCH3 is 1. The second kappa shape index (κ2) is 6.43. The summed E-state index contributed by atoms with van der Waals surface area (Å²) in [5.41, 5.74) is 1.96. The van der Waals surface area contributed by atoms with Gasteiger partial charge in [0.15, 0.2) is 6.04 Å². The van der Waals surface area contributed by atoms with E-state index in [2.05, 4.69) is 15.0 Å². The van der Waals surface area contributed by atoms with Gasteiger partial charge in [0.1, 0.15) is 11.5 Å². The molecule has 2 rings (SSSR count). The predicted octanol–water partition coefficient (Wildman–Crippen LogP) is 2.41. The number of benzene rings is 1. The fourth-order valence-corrected chi connectivity index (χ4v) is 2.26. The summed E-state index contributed by atoms with van der Waals surface area (Å²) in [5, 5.41) is 2.51. The average Bonchev–Trinajstić information content (AvgIpc) is 2.83. The fourth-order valence-electron chi connectivity index (χ4n) is 2.26. The Hall–Kier alpha value is -2.63. The van der Waals surface area contributed by atoms with Gasteiger partial charge in [-0.15, -0.1) is 0 Å². The van der Waals surface area contributed by atoms with Crippen LogP contribution in [-0.2, 0) is 9.53 Å². The fraction of sp³-hybridized carbons (Fsp3) is 0.250. The van der Waals surface area contributed by atoms with E-state index in [0.29, 0.717) is 5.69 Å². The number of halogens is 1. The van der Waals surface area contributed by atoms with Crippen LogP contribution in [0.5, 0.6) is 0 Å². The van der Waals surface area contributed by atoms with Crippen molar-refractivity contribution in [3.8, 4) is 0 Å². The minimum Gasteiger partial charge on any atom is -0.467 e. The van der Waals surface area contributed by atoms with Gasteiger partial charge in [0, 0.05) is 11.3 Å². The number of carbonyl (C=O) groups excluding carboxylic acids is 2. The molecule has 5 nitrogen and oxygen atoms in total. The largest absolute Gasteiger partial charge is 0.467 e. The highest BCUT2D eigenvalue weighted by molar-refractivity contribution is 5.96. The molecule has 1 aromatic carbocycles.